The van der Waals surface area contributed by atoms with Gasteiger partial charge >= 0.3 is 8.80 Å². The van der Waals surface area contributed by atoms with Gasteiger partial charge in [0.25, 0.3) is 0 Å². The molecule has 0 unspecified atom stereocenters. The third-order valence-corrected chi connectivity index (χ3v) is 4.48. The largest absolute Gasteiger partial charge is 0.536 e. The molecule has 1 aliphatic rings. The fraction of sp³-hybridized carbons (Fsp3) is 0.375. The molecule has 3 nitrogen and oxygen atoms in total. The van der Waals surface area contributed by atoms with Gasteiger partial charge in [-0.15, -0.1) is 0 Å². The van der Waals surface area contributed by atoms with Crippen molar-refractivity contribution in [1.82, 2.24) is 0 Å². The lowest BCUT2D eigenvalue weighted by atomic mass is 10.5. The molecular formula is C8H13O3Si. The Morgan fingerprint density at radius 2 is 1.67 bits per heavy atom. The molecule has 0 heterocycles. The quantitative estimate of drug-likeness (QED) is 0.614. The molecular weight excluding hydrogens is 172 g/mol. The van der Waals surface area contributed by atoms with Crippen molar-refractivity contribution in [3.8, 4) is 0 Å². The van der Waals surface area contributed by atoms with E-state index in [2.05, 4.69) is 0 Å². The fourth-order valence-electron chi connectivity index (χ4n) is 1.18. The zero-order valence-electron chi connectivity index (χ0n) is 7.53. The maximum absolute atomic E-state index is 5.28. The molecule has 1 rings (SSSR count). The summed E-state index contributed by atoms with van der Waals surface area (Å²) in [4.78, 5) is 0. The van der Waals surface area contributed by atoms with E-state index >= 15 is 0 Å². The first-order valence-electron chi connectivity index (χ1n) is 3.66. The molecule has 1 aliphatic carbocycles. The Bertz CT molecular complexity index is 198. The third kappa shape index (κ3) is 1.51. The van der Waals surface area contributed by atoms with Gasteiger partial charge in [0.2, 0.25) is 0 Å². The summed E-state index contributed by atoms with van der Waals surface area (Å²) in [5.74, 6) is 0. The molecule has 0 aromatic carbocycles. The number of rotatable bonds is 4. The van der Waals surface area contributed by atoms with Crippen molar-refractivity contribution in [2.45, 2.75) is 0 Å². The lowest BCUT2D eigenvalue weighted by molar-refractivity contribution is 0.136. The topological polar surface area (TPSA) is 27.7 Å². The van der Waals surface area contributed by atoms with Crippen LogP contribution in [-0.4, -0.2) is 30.1 Å². The Morgan fingerprint density at radius 3 is 2.00 bits per heavy atom. The maximum Gasteiger partial charge on any atom is 0.536 e. The second-order valence-electron chi connectivity index (χ2n) is 2.34. The zero-order valence-corrected chi connectivity index (χ0v) is 8.53. The van der Waals surface area contributed by atoms with Gasteiger partial charge in [0, 0.05) is 32.9 Å². The predicted molar refractivity (Wildman–Crippen MR) is 48.3 cm³/mol. The summed E-state index contributed by atoms with van der Waals surface area (Å²) in [6, 6.07) is 0. The Labute approximate surface area is 74.0 Å². The van der Waals surface area contributed by atoms with Crippen LogP contribution in [0.2, 0.25) is 0 Å². The molecule has 0 fully saturated rings. The van der Waals surface area contributed by atoms with E-state index in [0.29, 0.717) is 0 Å². The first-order valence-corrected chi connectivity index (χ1v) is 5.39. The average molecular weight is 185 g/mol. The smallest absolute Gasteiger partial charge is 0.373 e. The number of allylic oxidation sites excluding steroid dienone is 4. The Hall–Kier alpha value is -0.423. The van der Waals surface area contributed by atoms with Crippen molar-refractivity contribution < 1.29 is 13.3 Å². The van der Waals surface area contributed by atoms with Crippen LogP contribution in [-0.2, 0) is 13.3 Å². The van der Waals surface area contributed by atoms with Crippen LogP contribution >= 0.6 is 0 Å². The molecule has 0 aliphatic heterocycles. The second-order valence-corrected chi connectivity index (χ2v) is 5.26. The summed E-state index contributed by atoms with van der Waals surface area (Å²) >= 11 is 0. The molecule has 0 atom stereocenters. The summed E-state index contributed by atoms with van der Waals surface area (Å²) in [7, 11) is 2.27. The van der Waals surface area contributed by atoms with Gasteiger partial charge in [0.1, 0.15) is 0 Å². The molecule has 0 bridgehead atoms. The normalized spacial score (nSPS) is 16.8. The highest BCUT2D eigenvalue weighted by Crippen LogP contribution is 2.22. The van der Waals surface area contributed by atoms with Crippen LogP contribution in [0.1, 0.15) is 0 Å². The molecule has 0 amide bonds. The molecule has 0 spiro atoms. The van der Waals surface area contributed by atoms with Gasteiger partial charge < -0.3 is 13.3 Å². The van der Waals surface area contributed by atoms with Gasteiger partial charge in [-0.05, 0) is 0 Å². The van der Waals surface area contributed by atoms with Gasteiger partial charge in [-0.1, -0.05) is 18.2 Å². The second kappa shape index (κ2) is 4.00. The monoisotopic (exact) mass is 185 g/mol. The minimum atomic E-state index is -2.54. The molecule has 67 valence electrons. The summed E-state index contributed by atoms with van der Waals surface area (Å²) in [6.45, 7) is 0. The molecule has 0 aromatic rings. The molecule has 0 N–H and O–H groups in total. The maximum atomic E-state index is 5.28. The summed E-state index contributed by atoms with van der Waals surface area (Å²) < 4.78 is 15.8. The third-order valence-electron chi connectivity index (χ3n) is 1.82. The van der Waals surface area contributed by atoms with Crippen LogP contribution in [0.25, 0.3) is 0 Å². The molecule has 0 saturated heterocycles. The van der Waals surface area contributed by atoms with Gasteiger partial charge in [0.05, 0.1) is 0 Å². The highest BCUT2D eigenvalue weighted by atomic mass is 28.4. The highest BCUT2D eigenvalue weighted by molar-refractivity contribution is 6.69. The van der Waals surface area contributed by atoms with E-state index in [0.717, 1.165) is 5.20 Å². The molecule has 1 radical (unpaired) electrons. The van der Waals surface area contributed by atoms with Gasteiger partial charge in [-0.3, -0.25) is 0 Å². The Balaban J connectivity index is 2.83. The van der Waals surface area contributed by atoms with E-state index in [4.69, 9.17) is 13.3 Å². The van der Waals surface area contributed by atoms with E-state index in [-0.39, 0.29) is 0 Å². The van der Waals surface area contributed by atoms with Crippen LogP contribution in [0.15, 0.2) is 23.4 Å². The SMILES string of the molecule is CO[Si](OC)(OC)C1=C[CH]C=C1. The lowest BCUT2D eigenvalue weighted by Gasteiger charge is -2.24. The van der Waals surface area contributed by atoms with Crippen LogP contribution in [0.4, 0.5) is 0 Å². The minimum absolute atomic E-state index is 0.995. The predicted octanol–water partition coefficient (Wildman–Crippen LogP) is 1.10. The van der Waals surface area contributed by atoms with Crippen molar-refractivity contribution in [2.24, 2.45) is 0 Å². The first-order chi connectivity index (χ1) is 5.79. The van der Waals surface area contributed by atoms with Crippen LogP contribution in [0, 0.1) is 6.42 Å². The van der Waals surface area contributed by atoms with Crippen molar-refractivity contribution in [2.75, 3.05) is 21.3 Å². The molecule has 0 aromatic heterocycles. The van der Waals surface area contributed by atoms with Crippen molar-refractivity contribution in [3.05, 3.63) is 29.8 Å². The Morgan fingerprint density at radius 1 is 1.08 bits per heavy atom. The fourth-order valence-corrected chi connectivity index (χ4v) is 2.99. The summed E-state index contributed by atoms with van der Waals surface area (Å²) in [5.41, 5.74) is 0. The number of hydrogen-bond acceptors (Lipinski definition) is 3. The van der Waals surface area contributed by atoms with Crippen LogP contribution in [0.5, 0.6) is 0 Å². The molecule has 4 heteroatoms. The Kier molecular flexibility index (Phi) is 3.22. The van der Waals surface area contributed by atoms with Crippen molar-refractivity contribution >= 4 is 8.80 Å². The average Bonchev–Trinajstić information content (AvgIpc) is 2.62. The molecule has 0 saturated carbocycles. The van der Waals surface area contributed by atoms with Crippen molar-refractivity contribution in [3.63, 3.8) is 0 Å². The van der Waals surface area contributed by atoms with Gasteiger partial charge in [-0.25, -0.2) is 0 Å². The van der Waals surface area contributed by atoms with Gasteiger partial charge in [0.15, 0.2) is 0 Å². The van der Waals surface area contributed by atoms with Crippen LogP contribution < -0.4 is 0 Å². The highest BCUT2D eigenvalue weighted by Gasteiger charge is 2.42. The lowest BCUT2D eigenvalue weighted by Crippen LogP contribution is -2.44. The van der Waals surface area contributed by atoms with E-state index < -0.39 is 8.80 Å². The van der Waals surface area contributed by atoms with Gasteiger partial charge in [-0.2, -0.15) is 0 Å². The minimum Gasteiger partial charge on any atom is -0.373 e. The van der Waals surface area contributed by atoms with E-state index in [9.17, 15) is 0 Å². The number of hydrogen-bond donors (Lipinski definition) is 0. The summed E-state index contributed by atoms with van der Waals surface area (Å²) in [6.07, 6.45) is 7.77. The first kappa shape index (κ1) is 9.66. The van der Waals surface area contributed by atoms with Crippen molar-refractivity contribution in [1.29, 1.82) is 0 Å². The zero-order chi connectivity index (χ0) is 9.03. The van der Waals surface area contributed by atoms with E-state index in [1.165, 1.54) is 0 Å². The summed E-state index contributed by atoms with van der Waals surface area (Å²) in [5, 5.41) is 0.995. The van der Waals surface area contributed by atoms with E-state index in [1.807, 2.05) is 24.6 Å². The standard InChI is InChI=1S/C8H13O3Si/c1-9-12(10-2,11-3)8-6-4-5-7-8/h4-7H,1-3H3. The molecule has 12 heavy (non-hydrogen) atoms. The van der Waals surface area contributed by atoms with E-state index in [1.54, 1.807) is 21.3 Å². The van der Waals surface area contributed by atoms with Crippen LogP contribution in [0.3, 0.4) is 0 Å².